The van der Waals surface area contributed by atoms with Crippen LogP contribution in [0.5, 0.6) is 11.5 Å². The van der Waals surface area contributed by atoms with E-state index in [1.807, 2.05) is 49.4 Å². The van der Waals surface area contributed by atoms with Crippen molar-refractivity contribution in [1.29, 1.82) is 0 Å². The zero-order valence-corrected chi connectivity index (χ0v) is 12.2. The van der Waals surface area contributed by atoms with Crippen LogP contribution in [0.3, 0.4) is 0 Å². The first-order valence-corrected chi connectivity index (χ1v) is 6.69. The lowest BCUT2D eigenvalue weighted by Crippen LogP contribution is -1.99. The lowest BCUT2D eigenvalue weighted by atomic mass is 10.1. The normalized spacial score (nSPS) is 9.67. The molecule has 0 saturated carbocycles. The average Bonchev–Trinajstić information content (AvgIpc) is 2.52. The number of aliphatic hydroxyl groups is 1. The molecule has 0 aliphatic rings. The van der Waals surface area contributed by atoms with Crippen LogP contribution in [0.2, 0.25) is 0 Å². The summed E-state index contributed by atoms with van der Waals surface area (Å²) in [6.07, 6.45) is 0. The molecule has 0 unspecified atom stereocenters. The molecule has 0 heterocycles. The first-order valence-electron chi connectivity index (χ1n) is 6.69. The minimum atomic E-state index is -0.162. The second-order valence-corrected chi connectivity index (χ2v) is 4.58. The van der Waals surface area contributed by atoms with Gasteiger partial charge in [-0.15, -0.1) is 0 Å². The molecule has 21 heavy (non-hydrogen) atoms. The highest BCUT2D eigenvalue weighted by molar-refractivity contribution is 5.45. The average molecular weight is 282 g/mol. The number of aryl methyl sites for hydroxylation is 1. The van der Waals surface area contributed by atoms with E-state index in [-0.39, 0.29) is 6.61 Å². The Morgan fingerprint density at radius 3 is 2.43 bits per heavy atom. The van der Waals surface area contributed by atoms with Crippen molar-refractivity contribution < 1.29 is 14.6 Å². The summed E-state index contributed by atoms with van der Waals surface area (Å²) < 4.78 is 11.0. The summed E-state index contributed by atoms with van der Waals surface area (Å²) in [5.74, 6) is 7.15. The Morgan fingerprint density at radius 2 is 1.76 bits per heavy atom. The molecule has 0 amide bonds. The summed E-state index contributed by atoms with van der Waals surface area (Å²) in [5, 5.41) is 8.82. The number of methoxy groups -OCH3 is 1. The molecule has 3 nitrogen and oxygen atoms in total. The van der Waals surface area contributed by atoms with Crippen LogP contribution in [-0.2, 0) is 6.61 Å². The van der Waals surface area contributed by atoms with Crippen molar-refractivity contribution in [2.45, 2.75) is 13.5 Å². The summed E-state index contributed by atoms with van der Waals surface area (Å²) in [7, 11) is 1.62. The number of ether oxygens (including phenoxy) is 2. The van der Waals surface area contributed by atoms with Crippen LogP contribution in [0, 0.1) is 18.8 Å². The van der Waals surface area contributed by atoms with Crippen LogP contribution >= 0.6 is 0 Å². The van der Waals surface area contributed by atoms with Gasteiger partial charge in [-0.25, -0.2) is 0 Å². The van der Waals surface area contributed by atoms with Gasteiger partial charge in [-0.05, 0) is 37.3 Å². The van der Waals surface area contributed by atoms with Crippen molar-refractivity contribution in [3.05, 3.63) is 59.2 Å². The summed E-state index contributed by atoms with van der Waals surface area (Å²) in [6.45, 7) is 2.27. The van der Waals surface area contributed by atoms with E-state index in [1.54, 1.807) is 7.11 Å². The SMILES string of the molecule is COc1ccc(C#CCO)c(COc2ccc(C)cc2)c1. The van der Waals surface area contributed by atoms with Crippen LogP contribution in [0.15, 0.2) is 42.5 Å². The second kappa shape index (κ2) is 7.37. The molecular formula is C18H18O3. The Bertz CT molecular complexity index is 648. The maximum absolute atomic E-state index is 8.82. The predicted octanol–water partition coefficient (Wildman–Crippen LogP) is 2.93. The monoisotopic (exact) mass is 282 g/mol. The topological polar surface area (TPSA) is 38.7 Å². The summed E-state index contributed by atoms with van der Waals surface area (Å²) in [4.78, 5) is 0. The fraction of sp³-hybridized carbons (Fsp3) is 0.222. The maximum atomic E-state index is 8.82. The van der Waals surface area contributed by atoms with Gasteiger partial charge in [-0.3, -0.25) is 0 Å². The van der Waals surface area contributed by atoms with Gasteiger partial charge in [0.15, 0.2) is 0 Å². The molecule has 0 saturated heterocycles. The van der Waals surface area contributed by atoms with Crippen molar-refractivity contribution >= 4 is 0 Å². The fourth-order valence-corrected chi connectivity index (χ4v) is 1.87. The molecule has 0 atom stereocenters. The summed E-state index contributed by atoms with van der Waals surface area (Å²) in [6, 6.07) is 13.5. The highest BCUT2D eigenvalue weighted by Gasteiger charge is 2.04. The van der Waals surface area contributed by atoms with Crippen molar-refractivity contribution in [2.75, 3.05) is 13.7 Å². The van der Waals surface area contributed by atoms with E-state index < -0.39 is 0 Å². The van der Waals surface area contributed by atoms with Gasteiger partial charge in [0.1, 0.15) is 24.7 Å². The minimum absolute atomic E-state index is 0.162. The van der Waals surface area contributed by atoms with Crippen LogP contribution in [0.4, 0.5) is 0 Å². The Balaban J connectivity index is 2.18. The van der Waals surface area contributed by atoms with Gasteiger partial charge in [0, 0.05) is 11.1 Å². The first kappa shape index (κ1) is 15.0. The molecule has 2 aromatic carbocycles. The molecular weight excluding hydrogens is 264 g/mol. The van der Waals surface area contributed by atoms with Gasteiger partial charge in [0.2, 0.25) is 0 Å². The molecule has 3 heteroatoms. The first-order chi connectivity index (χ1) is 10.2. The van der Waals surface area contributed by atoms with Crippen molar-refractivity contribution in [1.82, 2.24) is 0 Å². The van der Waals surface area contributed by atoms with Crippen LogP contribution in [0.1, 0.15) is 16.7 Å². The van der Waals surface area contributed by atoms with Crippen LogP contribution in [-0.4, -0.2) is 18.8 Å². The third-order valence-corrected chi connectivity index (χ3v) is 3.03. The molecule has 0 aliphatic carbocycles. The standard InChI is InChI=1S/C18H18O3/c1-14-5-8-17(9-6-14)21-13-16-12-18(20-2)10-7-15(16)4-3-11-19/h5-10,12,19H,11,13H2,1-2H3. The quantitative estimate of drug-likeness (QED) is 0.876. The highest BCUT2D eigenvalue weighted by Crippen LogP contribution is 2.20. The Hall–Kier alpha value is -2.44. The number of aliphatic hydroxyl groups excluding tert-OH is 1. The van der Waals surface area contributed by atoms with E-state index in [1.165, 1.54) is 5.56 Å². The lowest BCUT2D eigenvalue weighted by molar-refractivity contribution is 0.305. The number of hydrogen-bond acceptors (Lipinski definition) is 3. The van der Waals surface area contributed by atoms with Gasteiger partial charge in [0.05, 0.1) is 7.11 Å². The van der Waals surface area contributed by atoms with E-state index in [0.717, 1.165) is 22.6 Å². The molecule has 0 spiro atoms. The van der Waals surface area contributed by atoms with Crippen LogP contribution in [0.25, 0.3) is 0 Å². The van der Waals surface area contributed by atoms with E-state index in [9.17, 15) is 0 Å². The molecule has 0 radical (unpaired) electrons. The zero-order chi connectivity index (χ0) is 15.1. The number of rotatable bonds is 4. The van der Waals surface area contributed by atoms with Gasteiger partial charge in [0.25, 0.3) is 0 Å². The smallest absolute Gasteiger partial charge is 0.119 e. The van der Waals surface area contributed by atoms with Crippen molar-refractivity contribution in [3.63, 3.8) is 0 Å². The maximum Gasteiger partial charge on any atom is 0.119 e. The number of benzene rings is 2. The Labute approximate surface area is 125 Å². The highest BCUT2D eigenvalue weighted by atomic mass is 16.5. The van der Waals surface area contributed by atoms with E-state index in [0.29, 0.717) is 6.61 Å². The Morgan fingerprint density at radius 1 is 1.05 bits per heavy atom. The molecule has 2 rings (SSSR count). The van der Waals surface area contributed by atoms with Gasteiger partial charge < -0.3 is 14.6 Å². The summed E-state index contributed by atoms with van der Waals surface area (Å²) >= 11 is 0. The number of hydrogen-bond donors (Lipinski definition) is 1. The minimum Gasteiger partial charge on any atom is -0.497 e. The molecule has 0 fully saturated rings. The van der Waals surface area contributed by atoms with E-state index in [2.05, 4.69) is 11.8 Å². The summed E-state index contributed by atoms with van der Waals surface area (Å²) in [5.41, 5.74) is 2.95. The van der Waals surface area contributed by atoms with Crippen molar-refractivity contribution in [3.8, 4) is 23.3 Å². The molecule has 108 valence electrons. The third kappa shape index (κ3) is 4.27. The zero-order valence-electron chi connectivity index (χ0n) is 12.2. The molecule has 2 aromatic rings. The van der Waals surface area contributed by atoms with Crippen molar-refractivity contribution in [2.24, 2.45) is 0 Å². The molecule has 0 aromatic heterocycles. The molecule has 0 bridgehead atoms. The lowest BCUT2D eigenvalue weighted by Gasteiger charge is -2.10. The largest absolute Gasteiger partial charge is 0.497 e. The van der Waals surface area contributed by atoms with E-state index >= 15 is 0 Å². The third-order valence-electron chi connectivity index (χ3n) is 3.03. The molecule has 0 aliphatic heterocycles. The molecule has 1 N–H and O–H groups in total. The fourth-order valence-electron chi connectivity index (χ4n) is 1.87. The van der Waals surface area contributed by atoms with Crippen LogP contribution < -0.4 is 9.47 Å². The van der Waals surface area contributed by atoms with Gasteiger partial charge in [-0.2, -0.15) is 0 Å². The van der Waals surface area contributed by atoms with Gasteiger partial charge >= 0.3 is 0 Å². The second-order valence-electron chi connectivity index (χ2n) is 4.58. The predicted molar refractivity (Wildman–Crippen MR) is 82.5 cm³/mol. The van der Waals surface area contributed by atoms with Gasteiger partial charge in [-0.1, -0.05) is 29.5 Å². The Kier molecular flexibility index (Phi) is 5.25. The van der Waals surface area contributed by atoms with E-state index in [4.69, 9.17) is 14.6 Å².